The van der Waals surface area contributed by atoms with E-state index >= 15 is 0 Å². The summed E-state index contributed by atoms with van der Waals surface area (Å²) in [6, 6.07) is 5.88. The van der Waals surface area contributed by atoms with Gasteiger partial charge in [-0.2, -0.15) is 0 Å². The molecule has 1 saturated carbocycles. The number of carbonyl (C=O) groups excluding carboxylic acids is 1. The highest BCUT2D eigenvalue weighted by Crippen LogP contribution is 2.28. The minimum absolute atomic E-state index is 0.391. The van der Waals surface area contributed by atoms with Crippen molar-refractivity contribution in [1.29, 1.82) is 0 Å². The Kier molecular flexibility index (Phi) is 3.52. The Morgan fingerprint density at radius 1 is 1.41 bits per heavy atom. The number of hydrogen-bond acceptors (Lipinski definition) is 4. The number of nitrogens with one attached hydrogen (secondary N) is 1. The van der Waals surface area contributed by atoms with Crippen LogP contribution in [0.1, 0.15) is 36.0 Å². The highest BCUT2D eigenvalue weighted by Gasteiger charge is 2.18. The van der Waals surface area contributed by atoms with Crippen molar-refractivity contribution in [3.05, 3.63) is 23.8 Å². The van der Waals surface area contributed by atoms with Crippen LogP contribution in [0.4, 0.5) is 11.4 Å². The summed E-state index contributed by atoms with van der Waals surface area (Å²) < 4.78 is 4.70. The van der Waals surface area contributed by atoms with Crippen molar-refractivity contribution in [2.24, 2.45) is 0 Å². The number of anilines is 2. The lowest BCUT2D eigenvalue weighted by Gasteiger charge is -2.16. The normalized spacial score (nSPS) is 15.8. The van der Waals surface area contributed by atoms with Gasteiger partial charge in [-0.05, 0) is 25.0 Å². The molecule has 0 aromatic heterocycles. The van der Waals surface area contributed by atoms with Crippen molar-refractivity contribution in [3.8, 4) is 0 Å². The fourth-order valence-electron chi connectivity index (χ4n) is 2.27. The number of para-hydroxylation sites is 1. The van der Waals surface area contributed by atoms with E-state index in [2.05, 4.69) is 5.32 Å². The first-order valence-electron chi connectivity index (χ1n) is 5.95. The van der Waals surface area contributed by atoms with Gasteiger partial charge in [-0.15, -0.1) is 0 Å². The molecular formula is C13H18N2O2. The van der Waals surface area contributed by atoms with Crippen LogP contribution < -0.4 is 11.1 Å². The van der Waals surface area contributed by atoms with Gasteiger partial charge in [0, 0.05) is 6.04 Å². The highest BCUT2D eigenvalue weighted by atomic mass is 16.5. The molecule has 2 rings (SSSR count). The molecule has 0 aliphatic heterocycles. The van der Waals surface area contributed by atoms with E-state index in [0.717, 1.165) is 5.69 Å². The summed E-state index contributed by atoms with van der Waals surface area (Å²) >= 11 is 0. The van der Waals surface area contributed by atoms with Crippen molar-refractivity contribution in [2.75, 3.05) is 18.2 Å². The number of nitrogens with two attached hydrogens (primary N) is 1. The zero-order chi connectivity index (χ0) is 12.3. The molecule has 92 valence electrons. The Morgan fingerprint density at radius 2 is 2.12 bits per heavy atom. The van der Waals surface area contributed by atoms with Crippen LogP contribution in [0.5, 0.6) is 0 Å². The van der Waals surface area contributed by atoms with Crippen LogP contribution >= 0.6 is 0 Å². The Hall–Kier alpha value is -1.71. The molecule has 17 heavy (non-hydrogen) atoms. The number of carbonyl (C=O) groups is 1. The van der Waals surface area contributed by atoms with E-state index in [-0.39, 0.29) is 0 Å². The lowest BCUT2D eigenvalue weighted by atomic mass is 10.1. The predicted octanol–water partition coefficient (Wildman–Crippen LogP) is 2.41. The maximum Gasteiger partial charge on any atom is 0.340 e. The van der Waals surface area contributed by atoms with Gasteiger partial charge in [0.1, 0.15) is 0 Å². The van der Waals surface area contributed by atoms with Crippen molar-refractivity contribution < 1.29 is 9.53 Å². The lowest BCUT2D eigenvalue weighted by molar-refractivity contribution is 0.0602. The smallest absolute Gasteiger partial charge is 0.340 e. The molecule has 1 aromatic rings. The Balaban J connectivity index is 2.19. The topological polar surface area (TPSA) is 64.3 Å². The molecule has 4 nitrogen and oxygen atoms in total. The number of ether oxygens (including phenoxy) is 1. The Bertz CT molecular complexity index is 412. The van der Waals surface area contributed by atoms with E-state index < -0.39 is 5.97 Å². The van der Waals surface area contributed by atoms with E-state index in [1.807, 2.05) is 12.1 Å². The average molecular weight is 234 g/mol. The van der Waals surface area contributed by atoms with Crippen LogP contribution in [-0.2, 0) is 4.74 Å². The molecule has 1 aliphatic rings. The first-order valence-corrected chi connectivity index (χ1v) is 5.95. The molecule has 1 fully saturated rings. The molecule has 0 spiro atoms. The van der Waals surface area contributed by atoms with Crippen LogP contribution in [0.25, 0.3) is 0 Å². The molecule has 1 aromatic carbocycles. The summed E-state index contributed by atoms with van der Waals surface area (Å²) in [4.78, 5) is 11.5. The van der Waals surface area contributed by atoms with Crippen molar-refractivity contribution >= 4 is 17.3 Å². The minimum Gasteiger partial charge on any atom is -0.465 e. The largest absolute Gasteiger partial charge is 0.465 e. The molecule has 0 heterocycles. The van der Waals surface area contributed by atoms with Crippen LogP contribution in [0.3, 0.4) is 0 Å². The fourth-order valence-corrected chi connectivity index (χ4v) is 2.27. The third-order valence-corrected chi connectivity index (χ3v) is 3.23. The predicted molar refractivity (Wildman–Crippen MR) is 68.1 cm³/mol. The first kappa shape index (κ1) is 11.8. The van der Waals surface area contributed by atoms with Crippen LogP contribution in [0.2, 0.25) is 0 Å². The third-order valence-electron chi connectivity index (χ3n) is 3.23. The molecule has 4 heteroatoms. The third kappa shape index (κ3) is 2.52. The van der Waals surface area contributed by atoms with E-state index in [9.17, 15) is 4.79 Å². The fraction of sp³-hybridized carbons (Fsp3) is 0.462. The van der Waals surface area contributed by atoms with Gasteiger partial charge in [-0.3, -0.25) is 0 Å². The van der Waals surface area contributed by atoms with Crippen LogP contribution in [0.15, 0.2) is 18.2 Å². The summed E-state index contributed by atoms with van der Waals surface area (Å²) in [6.07, 6.45) is 4.85. The van der Waals surface area contributed by atoms with Crippen LogP contribution in [0, 0.1) is 0 Å². The maximum atomic E-state index is 11.5. The molecule has 0 unspecified atom stereocenters. The van der Waals surface area contributed by atoms with Crippen molar-refractivity contribution in [3.63, 3.8) is 0 Å². The number of rotatable bonds is 3. The number of benzene rings is 1. The zero-order valence-corrected chi connectivity index (χ0v) is 10.0. The summed E-state index contributed by atoms with van der Waals surface area (Å²) in [5.41, 5.74) is 7.71. The van der Waals surface area contributed by atoms with Crippen molar-refractivity contribution in [1.82, 2.24) is 0 Å². The molecule has 0 bridgehead atoms. The molecular weight excluding hydrogens is 216 g/mol. The van der Waals surface area contributed by atoms with Gasteiger partial charge < -0.3 is 15.8 Å². The molecule has 0 amide bonds. The van der Waals surface area contributed by atoms with Gasteiger partial charge in [0.2, 0.25) is 0 Å². The van der Waals surface area contributed by atoms with E-state index in [4.69, 9.17) is 10.5 Å². The SMILES string of the molecule is COC(=O)c1cccc(NC2CCCC2)c1N. The van der Waals surface area contributed by atoms with E-state index in [1.54, 1.807) is 6.07 Å². The molecule has 1 aliphatic carbocycles. The van der Waals surface area contributed by atoms with Gasteiger partial charge in [-0.25, -0.2) is 4.79 Å². The van der Waals surface area contributed by atoms with Gasteiger partial charge in [0.25, 0.3) is 0 Å². The second kappa shape index (κ2) is 5.08. The van der Waals surface area contributed by atoms with Crippen LogP contribution in [-0.4, -0.2) is 19.1 Å². The summed E-state index contributed by atoms with van der Waals surface area (Å²) in [5.74, 6) is -0.391. The standard InChI is InChI=1S/C13H18N2O2/c1-17-13(16)10-7-4-8-11(12(10)14)15-9-5-2-3-6-9/h4,7-9,15H,2-3,5-6,14H2,1H3. The summed E-state index contributed by atoms with van der Waals surface area (Å²) in [5, 5.41) is 3.40. The zero-order valence-electron chi connectivity index (χ0n) is 10.0. The molecule has 0 atom stereocenters. The van der Waals surface area contributed by atoms with Gasteiger partial charge in [0.05, 0.1) is 24.0 Å². The molecule has 0 radical (unpaired) electrons. The highest BCUT2D eigenvalue weighted by molar-refractivity contribution is 5.98. The summed E-state index contributed by atoms with van der Waals surface area (Å²) in [7, 11) is 1.36. The lowest BCUT2D eigenvalue weighted by Crippen LogP contribution is -2.17. The van der Waals surface area contributed by atoms with E-state index in [0.29, 0.717) is 17.3 Å². The quantitative estimate of drug-likeness (QED) is 0.622. The number of esters is 1. The second-order valence-electron chi connectivity index (χ2n) is 4.38. The maximum absolute atomic E-state index is 11.5. The second-order valence-corrected chi connectivity index (χ2v) is 4.38. The van der Waals surface area contributed by atoms with Gasteiger partial charge >= 0.3 is 5.97 Å². The monoisotopic (exact) mass is 234 g/mol. The van der Waals surface area contributed by atoms with E-state index in [1.165, 1.54) is 32.8 Å². The van der Waals surface area contributed by atoms with Gasteiger partial charge in [-0.1, -0.05) is 18.9 Å². The van der Waals surface area contributed by atoms with Gasteiger partial charge in [0.15, 0.2) is 0 Å². The Morgan fingerprint density at radius 3 is 2.76 bits per heavy atom. The number of hydrogen-bond donors (Lipinski definition) is 2. The molecule has 3 N–H and O–H groups in total. The number of methoxy groups -OCH3 is 1. The Labute approximate surface area is 101 Å². The van der Waals surface area contributed by atoms with Crippen molar-refractivity contribution in [2.45, 2.75) is 31.7 Å². The average Bonchev–Trinajstić information content (AvgIpc) is 2.84. The number of nitrogen functional groups attached to an aromatic ring is 1. The molecule has 0 saturated heterocycles. The summed E-state index contributed by atoms with van der Waals surface area (Å²) in [6.45, 7) is 0. The minimum atomic E-state index is -0.391. The first-order chi connectivity index (χ1) is 8.22.